The van der Waals surface area contributed by atoms with Gasteiger partial charge in [0.05, 0.1) is 12.1 Å². The molecule has 0 fully saturated rings. The Morgan fingerprint density at radius 1 is 0.938 bits per heavy atom. The van der Waals surface area contributed by atoms with Crippen LogP contribution in [0, 0.1) is 6.92 Å². The molecule has 3 heterocycles. The molecule has 0 spiro atoms. The first-order valence-electron chi connectivity index (χ1n) is 9.50. The van der Waals surface area contributed by atoms with Gasteiger partial charge in [-0.15, -0.1) is 0 Å². The van der Waals surface area contributed by atoms with E-state index in [-0.39, 0.29) is 5.88 Å². The quantitative estimate of drug-likeness (QED) is 0.420. The lowest BCUT2D eigenvalue weighted by Gasteiger charge is -2.13. The average Bonchev–Trinajstić information content (AvgIpc) is 2.77. The number of aryl methyl sites for hydroxylation is 1. The molecule has 0 atom stereocenters. The van der Waals surface area contributed by atoms with Gasteiger partial charge in [0.2, 0.25) is 5.88 Å². The topological polar surface area (TPSA) is 94.9 Å². The van der Waals surface area contributed by atoms with E-state index in [0.717, 1.165) is 23.9 Å². The minimum Gasteiger partial charge on any atom is -0.491 e. The van der Waals surface area contributed by atoms with E-state index >= 15 is 0 Å². The van der Waals surface area contributed by atoms with Gasteiger partial charge in [-0.3, -0.25) is 0 Å². The van der Waals surface area contributed by atoms with Crippen molar-refractivity contribution in [2.75, 3.05) is 18.5 Å². The zero-order valence-electron chi connectivity index (χ0n) is 16.8. The van der Waals surface area contributed by atoms with Crippen LogP contribution in [-0.4, -0.2) is 38.1 Å². The number of alkyl halides is 3. The zero-order chi connectivity index (χ0) is 22.6. The van der Waals surface area contributed by atoms with Crippen LogP contribution in [0.4, 0.5) is 19.0 Å². The minimum atomic E-state index is -4.46. The summed E-state index contributed by atoms with van der Waals surface area (Å²) < 4.78 is 49.8. The van der Waals surface area contributed by atoms with Gasteiger partial charge in [0.15, 0.2) is 11.5 Å². The van der Waals surface area contributed by atoms with Crippen molar-refractivity contribution >= 4 is 17.0 Å². The average molecular weight is 442 g/mol. The van der Waals surface area contributed by atoms with Gasteiger partial charge in [-0.05, 0) is 36.8 Å². The Bertz CT molecular complexity index is 1230. The predicted octanol–water partition coefficient (Wildman–Crippen LogP) is 4.43. The fourth-order valence-corrected chi connectivity index (χ4v) is 2.86. The van der Waals surface area contributed by atoms with Gasteiger partial charge in [-0.2, -0.15) is 13.2 Å². The first kappa shape index (κ1) is 21.2. The van der Waals surface area contributed by atoms with Crippen LogP contribution in [0.2, 0.25) is 0 Å². The van der Waals surface area contributed by atoms with Crippen LogP contribution in [0.1, 0.15) is 11.1 Å². The predicted molar refractivity (Wildman–Crippen MR) is 110 cm³/mol. The van der Waals surface area contributed by atoms with Crippen LogP contribution in [0.15, 0.2) is 55.2 Å². The normalized spacial score (nSPS) is 11.4. The number of aromatic nitrogens is 5. The van der Waals surface area contributed by atoms with E-state index in [1.165, 1.54) is 6.33 Å². The van der Waals surface area contributed by atoms with Crippen molar-refractivity contribution in [2.45, 2.75) is 13.1 Å². The molecule has 0 aliphatic rings. The van der Waals surface area contributed by atoms with Gasteiger partial charge in [-0.1, -0.05) is 0 Å². The monoisotopic (exact) mass is 442 g/mol. The number of ether oxygens (including phenoxy) is 2. The van der Waals surface area contributed by atoms with Crippen LogP contribution in [0.5, 0.6) is 17.4 Å². The molecule has 4 aromatic rings. The third kappa shape index (κ3) is 4.99. The van der Waals surface area contributed by atoms with Crippen molar-refractivity contribution in [3.05, 3.63) is 66.4 Å². The Balaban J connectivity index is 1.35. The SMILES string of the molecule is Cc1cc(Oc2cc(C(F)(F)F)ccn2)ccc1OCCNc1ncnc2nccnc12. The Kier molecular flexibility index (Phi) is 5.97. The maximum Gasteiger partial charge on any atom is 0.416 e. The molecular weight excluding hydrogens is 425 g/mol. The van der Waals surface area contributed by atoms with E-state index in [1.807, 2.05) is 6.92 Å². The second kappa shape index (κ2) is 9.00. The van der Waals surface area contributed by atoms with Crippen LogP contribution in [0.25, 0.3) is 11.2 Å². The molecule has 0 saturated heterocycles. The second-order valence-corrected chi connectivity index (χ2v) is 6.64. The van der Waals surface area contributed by atoms with Gasteiger partial charge >= 0.3 is 6.18 Å². The smallest absolute Gasteiger partial charge is 0.416 e. The number of hydrogen-bond acceptors (Lipinski definition) is 8. The Morgan fingerprint density at radius 2 is 1.78 bits per heavy atom. The molecule has 0 bridgehead atoms. The second-order valence-electron chi connectivity index (χ2n) is 6.64. The summed E-state index contributed by atoms with van der Waals surface area (Å²) in [5.74, 6) is 1.38. The van der Waals surface area contributed by atoms with E-state index in [1.54, 1.807) is 30.6 Å². The molecule has 32 heavy (non-hydrogen) atoms. The Labute approximate surface area is 180 Å². The summed E-state index contributed by atoms with van der Waals surface area (Å²) in [4.78, 5) is 20.4. The molecule has 0 amide bonds. The van der Waals surface area contributed by atoms with Gasteiger partial charge < -0.3 is 14.8 Å². The molecule has 0 radical (unpaired) electrons. The molecule has 3 aromatic heterocycles. The zero-order valence-corrected chi connectivity index (χ0v) is 16.8. The van der Waals surface area contributed by atoms with Crippen LogP contribution in [0.3, 0.4) is 0 Å². The molecule has 0 saturated carbocycles. The van der Waals surface area contributed by atoms with Crippen LogP contribution >= 0.6 is 0 Å². The number of anilines is 1. The first-order valence-corrected chi connectivity index (χ1v) is 9.50. The van der Waals surface area contributed by atoms with Crippen molar-refractivity contribution in [3.63, 3.8) is 0 Å². The van der Waals surface area contributed by atoms with Crippen molar-refractivity contribution in [3.8, 4) is 17.4 Å². The number of nitrogens with zero attached hydrogens (tertiary/aromatic N) is 5. The van der Waals surface area contributed by atoms with E-state index in [0.29, 0.717) is 41.6 Å². The van der Waals surface area contributed by atoms with E-state index < -0.39 is 11.7 Å². The lowest BCUT2D eigenvalue weighted by Crippen LogP contribution is -2.13. The van der Waals surface area contributed by atoms with Crippen molar-refractivity contribution in [1.82, 2.24) is 24.9 Å². The summed E-state index contributed by atoms with van der Waals surface area (Å²) >= 11 is 0. The third-order valence-corrected chi connectivity index (χ3v) is 4.35. The van der Waals surface area contributed by atoms with Gasteiger partial charge in [0.25, 0.3) is 0 Å². The lowest BCUT2D eigenvalue weighted by molar-refractivity contribution is -0.137. The number of benzene rings is 1. The van der Waals surface area contributed by atoms with E-state index in [4.69, 9.17) is 9.47 Å². The van der Waals surface area contributed by atoms with Gasteiger partial charge in [-0.25, -0.2) is 24.9 Å². The molecule has 8 nitrogen and oxygen atoms in total. The van der Waals surface area contributed by atoms with Crippen molar-refractivity contribution < 1.29 is 22.6 Å². The molecule has 0 aliphatic heterocycles. The lowest BCUT2D eigenvalue weighted by atomic mass is 10.2. The fraction of sp³-hybridized carbons (Fsp3) is 0.190. The van der Waals surface area contributed by atoms with E-state index in [2.05, 4.69) is 30.2 Å². The summed E-state index contributed by atoms with van der Waals surface area (Å²) in [5, 5.41) is 3.14. The molecule has 1 N–H and O–H groups in total. The molecular formula is C21H17F3N6O2. The summed E-state index contributed by atoms with van der Waals surface area (Å²) in [6.45, 7) is 2.60. The molecule has 11 heteroatoms. The number of rotatable bonds is 7. The highest BCUT2D eigenvalue weighted by molar-refractivity contribution is 5.81. The number of nitrogens with one attached hydrogen (secondary N) is 1. The van der Waals surface area contributed by atoms with Crippen molar-refractivity contribution in [2.24, 2.45) is 0 Å². The fourth-order valence-electron chi connectivity index (χ4n) is 2.86. The highest BCUT2D eigenvalue weighted by atomic mass is 19.4. The Morgan fingerprint density at radius 3 is 2.59 bits per heavy atom. The maximum atomic E-state index is 12.8. The number of hydrogen-bond donors (Lipinski definition) is 1. The maximum absolute atomic E-state index is 12.8. The molecule has 1 aromatic carbocycles. The highest BCUT2D eigenvalue weighted by Crippen LogP contribution is 2.32. The third-order valence-electron chi connectivity index (χ3n) is 4.35. The van der Waals surface area contributed by atoms with Gasteiger partial charge in [0.1, 0.15) is 29.9 Å². The summed E-state index contributed by atoms with van der Waals surface area (Å²) in [6, 6.07) is 6.69. The van der Waals surface area contributed by atoms with E-state index in [9.17, 15) is 13.2 Å². The molecule has 0 aliphatic carbocycles. The highest BCUT2D eigenvalue weighted by Gasteiger charge is 2.31. The minimum absolute atomic E-state index is 0.141. The van der Waals surface area contributed by atoms with Crippen molar-refractivity contribution in [1.29, 1.82) is 0 Å². The van der Waals surface area contributed by atoms with Crippen LogP contribution in [-0.2, 0) is 6.18 Å². The number of fused-ring (bicyclic) bond motifs is 1. The first-order chi connectivity index (χ1) is 15.4. The molecule has 4 rings (SSSR count). The van der Waals surface area contributed by atoms with Gasteiger partial charge in [0, 0.05) is 24.7 Å². The molecule has 164 valence electrons. The Hall–Kier alpha value is -4.02. The number of pyridine rings is 1. The number of halogens is 3. The van der Waals surface area contributed by atoms with Crippen LogP contribution < -0.4 is 14.8 Å². The summed E-state index contributed by atoms with van der Waals surface area (Å²) in [5.41, 5.74) is 0.991. The largest absolute Gasteiger partial charge is 0.491 e. The summed E-state index contributed by atoms with van der Waals surface area (Å²) in [7, 11) is 0. The molecule has 0 unspecified atom stereocenters. The standard InChI is InChI=1S/C21H17F3N6O2/c1-13-10-15(32-17-11-14(4-5-25-17)21(22,23)24)2-3-16(13)31-9-8-28-20-18-19(29-12-30-20)27-7-6-26-18/h2-7,10-12H,8-9H2,1H3,(H,27,28,29,30). The summed E-state index contributed by atoms with van der Waals surface area (Å²) in [6.07, 6.45) is 1.12.